The number of nitrogens with two attached hydrogens (primary N) is 3. The van der Waals surface area contributed by atoms with Gasteiger partial charge in [0.25, 0.3) is 0 Å². The van der Waals surface area contributed by atoms with E-state index in [1.165, 1.54) is 18.2 Å². The van der Waals surface area contributed by atoms with Gasteiger partial charge in [0.2, 0.25) is 11.6 Å². The molecule has 0 bridgehead atoms. The zero-order valence-electron chi connectivity index (χ0n) is 78.6. The van der Waals surface area contributed by atoms with Crippen LogP contribution < -0.4 is 49.1 Å². The summed E-state index contributed by atoms with van der Waals surface area (Å²) in [5, 5.41) is 69.3. The number of aromatic nitrogens is 20. The number of aliphatic hydroxyl groups is 2. The molecule has 1 saturated heterocycles. The molecule has 0 atom stereocenters. The first-order valence-corrected chi connectivity index (χ1v) is 46.4. The van der Waals surface area contributed by atoms with Crippen molar-refractivity contribution < 1.29 is 38.9 Å². The third-order valence-electron chi connectivity index (χ3n) is 22.8. The lowest BCUT2D eigenvalue weighted by atomic mass is 9.94. The molecule has 21 rings (SSSR count). The summed E-state index contributed by atoms with van der Waals surface area (Å²) in [4.78, 5) is 92.4. The molecule has 0 unspecified atom stereocenters. The quantitative estimate of drug-likeness (QED) is 0.0142. The summed E-state index contributed by atoms with van der Waals surface area (Å²) in [5.74, 6) is 3.64. The monoisotopic (exact) mass is 1960 g/mol. The van der Waals surface area contributed by atoms with Crippen molar-refractivity contribution in [2.45, 2.75) is 66.3 Å². The Morgan fingerprint density at radius 1 is 0.424 bits per heavy atom. The van der Waals surface area contributed by atoms with Gasteiger partial charge in [-0.3, -0.25) is 24.6 Å². The summed E-state index contributed by atoms with van der Waals surface area (Å²) >= 11 is 6.08. The number of fused-ring (bicyclic) bond motifs is 6. The Balaban J connectivity index is 0.000000124. The average Bonchev–Trinajstić information content (AvgIpc) is 1.63. The molecule has 732 valence electrons. The molecule has 5 aliphatic carbocycles. The van der Waals surface area contributed by atoms with E-state index in [4.69, 9.17) is 68.8 Å². The molecule has 15 aromatic rings. The highest BCUT2D eigenvalue weighted by Crippen LogP contribution is 2.38. The van der Waals surface area contributed by atoms with Crippen LogP contribution in [-0.2, 0) is 61.4 Å². The van der Waals surface area contributed by atoms with Gasteiger partial charge >= 0.3 is 0 Å². The zero-order valence-corrected chi connectivity index (χ0v) is 79.3. The van der Waals surface area contributed by atoms with E-state index in [1.54, 1.807) is 136 Å². The fraction of sp³-hybridized carbons (Fsp3) is 0.200. The maximum absolute atomic E-state index is 12.6. The minimum Gasteiger partial charge on any atom is -0.490 e. The predicted octanol–water partition coefficient (Wildman–Crippen LogP) is 10.9. The maximum atomic E-state index is 12.6. The lowest BCUT2D eigenvalue weighted by Gasteiger charge is -2.23. The van der Waals surface area contributed by atoms with Gasteiger partial charge in [-0.05, 0) is 141 Å². The third-order valence-corrected chi connectivity index (χ3v) is 23.2. The molecular weight excluding hydrogens is 1850 g/mol. The number of ether oxygens (including phenoxy) is 2. The topological polar surface area (TPSA) is 539 Å². The van der Waals surface area contributed by atoms with Gasteiger partial charge in [0.15, 0.2) is 40.7 Å². The van der Waals surface area contributed by atoms with Crippen molar-refractivity contribution in [3.63, 3.8) is 0 Å². The van der Waals surface area contributed by atoms with Gasteiger partial charge < -0.3 is 91.6 Å². The highest BCUT2D eigenvalue weighted by molar-refractivity contribution is 6.51. The smallest absolute Gasteiger partial charge is 0.206 e. The van der Waals surface area contributed by atoms with E-state index in [0.29, 0.717) is 179 Å². The summed E-state index contributed by atoms with van der Waals surface area (Å²) in [6, 6.07) is 28.8. The van der Waals surface area contributed by atoms with Gasteiger partial charge in [-0.15, -0.1) is 25.5 Å². The first kappa shape index (κ1) is 97.3. The number of anilines is 5. The number of hydrogen-bond acceptors (Lipinski definition) is 33. The number of pyridine rings is 5. The summed E-state index contributed by atoms with van der Waals surface area (Å²) < 4.78 is 29.8. The standard InChI is InChI=1S/C22H24N6O2.C20H22N8O2.C20H19N7O2.C19H18ClN7O.C19H19N7O/c1-16-13-18(17(5-4-12-29)14-20(16)30)25-21-19-6-2-3-9-28(19)26-22(21)24-8-11-27-10-7-23-15-27;21-14-11-15(22)18(30-10-9-29)12-16(14)25-19-17-3-1-2-6-28(17)26-20(19)24-5-8-27-7-4-23-13-27;28-17-11-15-18(29-10-6-22-15)12-14(17)24-19-16-3-1-2-7-27(16)25-20(19)23-5-9-26-8-4-21-13-26;1-12-10-13(16(21)15(20)18(12)28)24-17-14-4-2-3-7-27(14)25-19(17)23-6-9-26-8-5-22-11-26;1-13-10-15(14(20)11-17(13)27)23-18-16-4-2-3-7-26(16)24-19(18)22-6-9-25-8-5-21-12-25/h2-3,6-7,9-10,13-15,29H,4-5,8,11-12H2,1H3,(H,24,26);1-4,6-7,11-13,21,29H,5,8-10,22H2,(H,24,26);1-4,7-8,11-13,22H,5-6,9-10H2,(H,23,25);2-5,7-8,10-11H,6,9,21H2,1H3,(H,23,25);2-5,7-8,10-12H,6,9,20H2,1H3,(H,22,24). The summed E-state index contributed by atoms with van der Waals surface area (Å²) in [5.41, 5.74) is 32.2. The van der Waals surface area contributed by atoms with E-state index in [9.17, 15) is 24.3 Å². The molecule has 44 heteroatoms. The van der Waals surface area contributed by atoms with E-state index in [-0.39, 0.29) is 59.4 Å². The van der Waals surface area contributed by atoms with Crippen LogP contribution in [0, 0.1) is 5.41 Å². The molecule has 0 saturated carbocycles. The molecule has 6 aliphatic rings. The Bertz CT molecular complexity index is 7770. The van der Waals surface area contributed by atoms with Gasteiger partial charge in [0.1, 0.15) is 63.9 Å². The van der Waals surface area contributed by atoms with Crippen LogP contribution in [0.1, 0.15) is 33.6 Å². The minimum atomic E-state index is -0.281. The lowest BCUT2D eigenvalue weighted by Crippen LogP contribution is -2.31. The van der Waals surface area contributed by atoms with Crippen LogP contribution >= 0.6 is 11.6 Å². The second-order valence-electron chi connectivity index (χ2n) is 32.9. The molecule has 0 amide bonds. The number of morpholine rings is 1. The van der Waals surface area contributed by atoms with Crippen molar-refractivity contribution in [1.82, 2.24) is 101 Å². The van der Waals surface area contributed by atoms with Crippen LogP contribution in [0.5, 0.6) is 0 Å². The van der Waals surface area contributed by atoms with Gasteiger partial charge in [-0.25, -0.2) is 72.5 Å². The van der Waals surface area contributed by atoms with Crippen LogP contribution in [0.3, 0.4) is 0 Å². The molecule has 16 heterocycles. The average molecular weight is 1960 g/mol. The Morgan fingerprint density at radius 2 is 0.799 bits per heavy atom. The highest BCUT2D eigenvalue weighted by Gasteiger charge is 2.29. The number of aliphatic hydroxyl groups excluding tert-OH is 2. The van der Waals surface area contributed by atoms with Crippen molar-refractivity contribution in [2.24, 2.45) is 42.2 Å². The van der Waals surface area contributed by atoms with E-state index in [0.717, 1.165) is 77.3 Å². The molecule has 0 aromatic carbocycles. The van der Waals surface area contributed by atoms with Gasteiger partial charge in [0.05, 0.1) is 117 Å². The number of imidazole rings is 5. The molecule has 15 aromatic heterocycles. The summed E-state index contributed by atoms with van der Waals surface area (Å²) in [6.45, 7) is 13.4. The molecular formula is C100H102ClN35O8. The van der Waals surface area contributed by atoms with Gasteiger partial charge in [0, 0.05) is 201 Å². The molecule has 43 nitrogen and oxygen atoms in total. The SMILES string of the molecule is CC1=CC(=Nc2c(NCCn3ccnc3)nn3ccccc23)C(CCCO)=CC1=O.CC1=CC(=Nc2c(NCCn3ccnc3)nn3ccccc23)C(N)=C(Cl)C1=O.CC1=CC(=Nc2c(NCCn3ccnc3)nn3ccccc23)C(N)=CC1=O.N=C1C=C(N)C(OCCO)=CC1=Nc1c(NCCn2ccnc2)nn2ccccc12.O=C1C=C2NCCOC2=CC1=Nc1c(NCCn2ccnc2)nn2ccccc12. The number of rotatable bonds is 31. The Labute approximate surface area is 827 Å². The molecule has 15 N–H and O–H groups in total. The Morgan fingerprint density at radius 3 is 1.19 bits per heavy atom. The van der Waals surface area contributed by atoms with Crippen molar-refractivity contribution in [3.05, 3.63) is 332 Å². The van der Waals surface area contributed by atoms with Crippen LogP contribution in [0.2, 0.25) is 0 Å². The molecule has 0 spiro atoms. The number of ketones is 4. The first-order chi connectivity index (χ1) is 70.2. The Hall–Kier alpha value is -18.4. The molecule has 144 heavy (non-hydrogen) atoms. The van der Waals surface area contributed by atoms with Crippen molar-refractivity contribution in [1.29, 1.82) is 5.41 Å². The number of carbonyl (C=O) groups is 4. The molecule has 1 fully saturated rings. The predicted molar refractivity (Wildman–Crippen MR) is 551 cm³/mol. The van der Waals surface area contributed by atoms with Gasteiger partial charge in [-0.1, -0.05) is 41.9 Å². The van der Waals surface area contributed by atoms with E-state index in [2.05, 4.69) is 87.3 Å². The van der Waals surface area contributed by atoms with Crippen LogP contribution in [0.4, 0.5) is 57.5 Å². The lowest BCUT2D eigenvalue weighted by molar-refractivity contribution is -0.112. The number of Topliss-reactive ketones (excluding diaryl/α,β-unsaturated/α-hetero) is 1. The number of nitrogens with one attached hydrogen (secondary N) is 7. The third kappa shape index (κ3) is 23.6. The van der Waals surface area contributed by atoms with Crippen LogP contribution in [0.15, 0.2) is 357 Å². The van der Waals surface area contributed by atoms with E-state index < -0.39 is 0 Å². The number of hydrogen-bond donors (Lipinski definition) is 12. The number of aliphatic imine (C=N–C) groups is 5. The Kier molecular flexibility index (Phi) is 31.0. The number of allylic oxidation sites excluding steroid dienone is 14. The summed E-state index contributed by atoms with van der Waals surface area (Å²) in [6.07, 6.45) is 52.0. The van der Waals surface area contributed by atoms with Crippen LogP contribution in [-0.4, -0.2) is 229 Å². The van der Waals surface area contributed by atoms with E-state index in [1.807, 2.05) is 182 Å². The number of halogens is 1. The number of nitrogens with zero attached hydrogens (tertiary/aromatic N) is 25. The first-order valence-electron chi connectivity index (χ1n) is 46.0. The maximum Gasteiger partial charge on any atom is 0.206 e. The second-order valence-corrected chi connectivity index (χ2v) is 33.3. The molecule has 0 radical (unpaired) electrons. The normalized spacial score (nSPS) is 16.1. The van der Waals surface area contributed by atoms with Crippen LogP contribution in [0.25, 0.3) is 27.6 Å². The highest BCUT2D eigenvalue weighted by atomic mass is 35.5. The summed E-state index contributed by atoms with van der Waals surface area (Å²) in [7, 11) is 0. The van der Waals surface area contributed by atoms with Crippen molar-refractivity contribution in [3.8, 4) is 0 Å². The fourth-order valence-electron chi connectivity index (χ4n) is 15.4. The van der Waals surface area contributed by atoms with Crippen molar-refractivity contribution >= 4 is 154 Å². The largest absolute Gasteiger partial charge is 0.490 e. The van der Waals surface area contributed by atoms with E-state index >= 15 is 0 Å². The zero-order chi connectivity index (χ0) is 100.0. The second kappa shape index (κ2) is 45.9. The fourth-order valence-corrected chi connectivity index (χ4v) is 15.7. The number of carbonyl (C=O) groups excluding carboxylic acids is 4. The van der Waals surface area contributed by atoms with Gasteiger partial charge in [-0.2, -0.15) is 0 Å². The minimum absolute atomic E-state index is 0.00941. The molecule has 1 aliphatic heterocycles. The van der Waals surface area contributed by atoms with Crippen molar-refractivity contribution in [2.75, 3.05) is 92.3 Å².